The molecule has 0 radical (unpaired) electrons. The Morgan fingerprint density at radius 1 is 0.889 bits per heavy atom. The summed E-state index contributed by atoms with van der Waals surface area (Å²) < 4.78 is 0. The van der Waals surface area contributed by atoms with E-state index in [1.54, 1.807) is 0 Å². The summed E-state index contributed by atoms with van der Waals surface area (Å²) in [7, 11) is 0. The number of nitrogens with zero attached hydrogens (tertiary/aromatic N) is 1. The molecule has 0 amide bonds. The van der Waals surface area contributed by atoms with E-state index in [2.05, 4.69) is 72.8 Å². The molecule has 2 aromatic carbocycles. The number of nitrogens with one attached hydrogen (secondary N) is 1. The monoisotopic (exact) mass is 240 g/mol. The highest BCUT2D eigenvalue weighted by Gasteiger charge is 2.07. The maximum Gasteiger partial charge on any atom is 0.0595 e. The fourth-order valence-corrected chi connectivity index (χ4v) is 1.90. The first-order valence-corrected chi connectivity index (χ1v) is 6.38. The van der Waals surface area contributed by atoms with Gasteiger partial charge in [-0.2, -0.15) is 0 Å². The summed E-state index contributed by atoms with van der Waals surface area (Å²) in [5.74, 6) is 0. The molecular weight excluding hydrogens is 220 g/mol. The highest BCUT2D eigenvalue weighted by Crippen LogP contribution is 2.14. The van der Waals surface area contributed by atoms with Crippen LogP contribution < -0.4 is 10.4 Å². The Kier molecular flexibility index (Phi) is 4.37. The molecule has 2 rings (SSSR count). The third-order valence-electron chi connectivity index (χ3n) is 2.67. The Labute approximate surface area is 109 Å². The van der Waals surface area contributed by atoms with Gasteiger partial charge in [0.25, 0.3) is 0 Å². The lowest BCUT2D eigenvalue weighted by molar-refractivity contribution is 0.544. The van der Waals surface area contributed by atoms with Gasteiger partial charge in [-0.05, 0) is 31.5 Å². The zero-order chi connectivity index (χ0) is 12.8. The van der Waals surface area contributed by atoms with Gasteiger partial charge in [-0.15, -0.1) is 0 Å². The zero-order valence-electron chi connectivity index (χ0n) is 11.0. The highest BCUT2D eigenvalue weighted by atomic mass is 15.5. The molecule has 0 aromatic heterocycles. The van der Waals surface area contributed by atoms with Gasteiger partial charge in [-0.1, -0.05) is 48.5 Å². The molecule has 0 saturated carbocycles. The lowest BCUT2D eigenvalue weighted by atomic mass is 10.2. The Balaban J connectivity index is 2.16. The minimum Gasteiger partial charge on any atom is -0.304 e. The van der Waals surface area contributed by atoms with Gasteiger partial charge in [0, 0.05) is 6.04 Å². The summed E-state index contributed by atoms with van der Waals surface area (Å²) >= 11 is 0. The highest BCUT2D eigenvalue weighted by molar-refractivity contribution is 5.45. The van der Waals surface area contributed by atoms with Crippen LogP contribution in [0.5, 0.6) is 0 Å². The van der Waals surface area contributed by atoms with Crippen LogP contribution in [0, 0.1) is 0 Å². The molecule has 0 atom stereocenters. The summed E-state index contributed by atoms with van der Waals surface area (Å²) in [6, 6.07) is 21.3. The van der Waals surface area contributed by atoms with Crippen LogP contribution in [-0.2, 0) is 6.54 Å². The molecule has 0 spiro atoms. The van der Waals surface area contributed by atoms with Gasteiger partial charge < -0.3 is 5.01 Å². The van der Waals surface area contributed by atoms with Crippen molar-refractivity contribution in [1.82, 2.24) is 5.43 Å². The molecule has 1 N–H and O–H groups in total. The van der Waals surface area contributed by atoms with Gasteiger partial charge >= 0.3 is 0 Å². The van der Waals surface area contributed by atoms with E-state index in [-0.39, 0.29) is 0 Å². The standard InChI is InChI=1S/C16H20N2/c1-14(2)17-18(16-11-7-4-8-12-16)13-15-9-5-3-6-10-15/h3-12,14,17H,13H2,1-2H3. The number of hydrogen-bond acceptors (Lipinski definition) is 2. The molecule has 0 heterocycles. The number of hydrazine groups is 1. The van der Waals surface area contributed by atoms with E-state index in [0.29, 0.717) is 6.04 Å². The van der Waals surface area contributed by atoms with E-state index in [9.17, 15) is 0 Å². The van der Waals surface area contributed by atoms with Crippen molar-refractivity contribution >= 4 is 5.69 Å². The van der Waals surface area contributed by atoms with Crippen LogP contribution in [0.25, 0.3) is 0 Å². The first-order chi connectivity index (χ1) is 8.75. The second-order valence-electron chi connectivity index (χ2n) is 4.69. The molecule has 0 saturated heterocycles. The minimum absolute atomic E-state index is 0.411. The summed E-state index contributed by atoms with van der Waals surface area (Å²) in [5.41, 5.74) is 5.97. The topological polar surface area (TPSA) is 15.3 Å². The second-order valence-corrected chi connectivity index (χ2v) is 4.69. The van der Waals surface area contributed by atoms with Crippen LogP contribution in [0.3, 0.4) is 0 Å². The van der Waals surface area contributed by atoms with Gasteiger partial charge in [-0.25, -0.2) is 5.43 Å². The SMILES string of the molecule is CC(C)NN(Cc1ccccc1)c1ccccc1. The van der Waals surface area contributed by atoms with Crippen molar-refractivity contribution in [3.8, 4) is 0 Å². The lowest BCUT2D eigenvalue weighted by Crippen LogP contribution is -2.41. The van der Waals surface area contributed by atoms with Crippen LogP contribution in [0.2, 0.25) is 0 Å². The molecule has 2 heteroatoms. The third-order valence-corrected chi connectivity index (χ3v) is 2.67. The van der Waals surface area contributed by atoms with Crippen LogP contribution in [0.4, 0.5) is 5.69 Å². The van der Waals surface area contributed by atoms with E-state index in [1.807, 2.05) is 12.1 Å². The number of rotatable bonds is 5. The summed E-state index contributed by atoms with van der Waals surface area (Å²) in [6.45, 7) is 5.17. The predicted octanol–water partition coefficient (Wildman–Crippen LogP) is 3.61. The van der Waals surface area contributed by atoms with Crippen LogP contribution in [0.15, 0.2) is 60.7 Å². The average Bonchev–Trinajstić information content (AvgIpc) is 2.40. The molecule has 94 valence electrons. The van der Waals surface area contributed by atoms with E-state index in [1.165, 1.54) is 11.3 Å². The van der Waals surface area contributed by atoms with Gasteiger partial charge in [0.1, 0.15) is 0 Å². The second kappa shape index (κ2) is 6.22. The molecule has 0 aliphatic heterocycles. The largest absolute Gasteiger partial charge is 0.304 e. The van der Waals surface area contributed by atoms with Crippen molar-refractivity contribution in [2.24, 2.45) is 0 Å². The molecule has 18 heavy (non-hydrogen) atoms. The number of hydrogen-bond donors (Lipinski definition) is 1. The number of para-hydroxylation sites is 1. The number of anilines is 1. The first kappa shape index (κ1) is 12.7. The molecule has 0 bridgehead atoms. The van der Waals surface area contributed by atoms with Gasteiger partial charge in [-0.3, -0.25) is 0 Å². The van der Waals surface area contributed by atoms with Crippen molar-refractivity contribution in [3.63, 3.8) is 0 Å². The minimum atomic E-state index is 0.411. The lowest BCUT2D eigenvalue weighted by Gasteiger charge is -2.28. The molecule has 0 fully saturated rings. The van der Waals surface area contributed by atoms with Crippen molar-refractivity contribution in [2.75, 3.05) is 5.01 Å². The van der Waals surface area contributed by atoms with Gasteiger partial charge in [0.05, 0.1) is 12.2 Å². The molecular formula is C16H20N2. The van der Waals surface area contributed by atoms with Gasteiger partial charge in [0.2, 0.25) is 0 Å². The molecule has 2 nitrogen and oxygen atoms in total. The molecule has 0 aliphatic carbocycles. The van der Waals surface area contributed by atoms with Gasteiger partial charge in [0.15, 0.2) is 0 Å². The molecule has 0 unspecified atom stereocenters. The van der Waals surface area contributed by atoms with Crippen LogP contribution in [0.1, 0.15) is 19.4 Å². The Morgan fingerprint density at radius 3 is 2.00 bits per heavy atom. The number of benzene rings is 2. The predicted molar refractivity (Wildman–Crippen MR) is 77.3 cm³/mol. The van der Waals surface area contributed by atoms with E-state index in [4.69, 9.17) is 0 Å². The smallest absolute Gasteiger partial charge is 0.0595 e. The normalized spacial score (nSPS) is 10.6. The van der Waals surface area contributed by atoms with E-state index < -0.39 is 0 Å². The Morgan fingerprint density at radius 2 is 1.44 bits per heavy atom. The van der Waals surface area contributed by atoms with Crippen molar-refractivity contribution in [2.45, 2.75) is 26.4 Å². The Hall–Kier alpha value is -1.80. The average molecular weight is 240 g/mol. The van der Waals surface area contributed by atoms with E-state index in [0.717, 1.165) is 6.54 Å². The summed E-state index contributed by atoms with van der Waals surface area (Å²) in [6.07, 6.45) is 0. The van der Waals surface area contributed by atoms with Crippen LogP contribution in [-0.4, -0.2) is 6.04 Å². The quantitative estimate of drug-likeness (QED) is 0.803. The van der Waals surface area contributed by atoms with Crippen molar-refractivity contribution in [3.05, 3.63) is 66.2 Å². The maximum atomic E-state index is 3.48. The summed E-state index contributed by atoms with van der Waals surface area (Å²) in [4.78, 5) is 0. The Bertz CT molecular complexity index is 451. The fraction of sp³-hybridized carbons (Fsp3) is 0.250. The summed E-state index contributed by atoms with van der Waals surface area (Å²) in [5, 5.41) is 2.19. The van der Waals surface area contributed by atoms with Crippen LogP contribution >= 0.6 is 0 Å². The van der Waals surface area contributed by atoms with E-state index >= 15 is 0 Å². The molecule has 0 aliphatic rings. The molecule has 2 aromatic rings. The van der Waals surface area contributed by atoms with Crippen molar-refractivity contribution < 1.29 is 0 Å². The zero-order valence-corrected chi connectivity index (χ0v) is 11.0. The fourth-order valence-electron chi connectivity index (χ4n) is 1.90. The first-order valence-electron chi connectivity index (χ1n) is 6.38. The maximum absolute atomic E-state index is 3.48. The van der Waals surface area contributed by atoms with Crippen molar-refractivity contribution in [1.29, 1.82) is 0 Å². The third kappa shape index (κ3) is 3.60.